The van der Waals surface area contributed by atoms with Crippen LogP contribution in [0.1, 0.15) is 18.4 Å². The standard InChI is InChI=1S/C9H17N5OS/c1-7-5-14(3-2-4-15-7)6-8-12-13-9(11-10)16-8/h7H,2-6,10H2,1H3,(H,11,13). The summed E-state index contributed by atoms with van der Waals surface area (Å²) >= 11 is 1.49. The highest BCUT2D eigenvalue weighted by atomic mass is 32.1. The van der Waals surface area contributed by atoms with Gasteiger partial charge in [-0.2, -0.15) is 0 Å². The summed E-state index contributed by atoms with van der Waals surface area (Å²) in [6.07, 6.45) is 1.37. The van der Waals surface area contributed by atoms with Crippen LogP contribution in [0.2, 0.25) is 0 Å². The van der Waals surface area contributed by atoms with Crippen LogP contribution in [0.3, 0.4) is 0 Å². The number of hydrogen-bond acceptors (Lipinski definition) is 7. The zero-order valence-corrected chi connectivity index (χ0v) is 10.2. The largest absolute Gasteiger partial charge is 0.377 e. The van der Waals surface area contributed by atoms with Crippen LogP contribution in [0.5, 0.6) is 0 Å². The summed E-state index contributed by atoms with van der Waals surface area (Å²) < 4.78 is 5.59. The van der Waals surface area contributed by atoms with Gasteiger partial charge in [0.25, 0.3) is 0 Å². The lowest BCUT2D eigenvalue weighted by Gasteiger charge is -2.19. The molecule has 0 aliphatic carbocycles. The average molecular weight is 243 g/mol. The Kier molecular flexibility index (Phi) is 4.05. The molecule has 1 aromatic heterocycles. The predicted molar refractivity (Wildman–Crippen MR) is 63.0 cm³/mol. The van der Waals surface area contributed by atoms with Gasteiger partial charge in [-0.25, -0.2) is 5.84 Å². The molecule has 0 bridgehead atoms. The van der Waals surface area contributed by atoms with Gasteiger partial charge in [0, 0.05) is 19.7 Å². The SMILES string of the molecule is CC1CN(Cc2nnc(NN)s2)CCCO1. The van der Waals surface area contributed by atoms with Crippen molar-refractivity contribution in [2.75, 3.05) is 25.1 Å². The molecule has 1 aromatic rings. The van der Waals surface area contributed by atoms with E-state index >= 15 is 0 Å². The Balaban J connectivity index is 1.92. The van der Waals surface area contributed by atoms with Crippen LogP contribution in [0.15, 0.2) is 0 Å². The first-order chi connectivity index (χ1) is 7.78. The van der Waals surface area contributed by atoms with Crippen LogP contribution in [0.25, 0.3) is 0 Å². The van der Waals surface area contributed by atoms with Crippen molar-refractivity contribution >= 4 is 16.5 Å². The van der Waals surface area contributed by atoms with Gasteiger partial charge in [-0.05, 0) is 13.3 Å². The van der Waals surface area contributed by atoms with Crippen molar-refractivity contribution in [1.82, 2.24) is 15.1 Å². The second-order valence-corrected chi connectivity index (χ2v) is 4.98. The number of nitrogens with one attached hydrogen (secondary N) is 1. The van der Waals surface area contributed by atoms with Gasteiger partial charge in [-0.15, -0.1) is 10.2 Å². The Hall–Kier alpha value is -0.760. The van der Waals surface area contributed by atoms with Crippen LogP contribution in [-0.2, 0) is 11.3 Å². The number of nitrogens with two attached hydrogens (primary N) is 1. The van der Waals surface area contributed by atoms with Crippen LogP contribution < -0.4 is 11.3 Å². The van der Waals surface area contributed by atoms with E-state index in [0.717, 1.165) is 37.7 Å². The van der Waals surface area contributed by atoms with E-state index < -0.39 is 0 Å². The summed E-state index contributed by atoms with van der Waals surface area (Å²) in [5.41, 5.74) is 2.51. The van der Waals surface area contributed by atoms with Crippen molar-refractivity contribution in [2.45, 2.75) is 26.0 Å². The Labute approximate surface area is 98.8 Å². The summed E-state index contributed by atoms with van der Waals surface area (Å²) in [4.78, 5) is 2.35. The van der Waals surface area contributed by atoms with E-state index in [1.807, 2.05) is 0 Å². The molecule has 1 unspecified atom stereocenters. The molecule has 0 amide bonds. The molecule has 0 saturated carbocycles. The molecule has 6 nitrogen and oxygen atoms in total. The zero-order chi connectivity index (χ0) is 11.4. The van der Waals surface area contributed by atoms with E-state index in [4.69, 9.17) is 10.6 Å². The minimum Gasteiger partial charge on any atom is -0.377 e. The number of aromatic nitrogens is 2. The second kappa shape index (κ2) is 5.53. The zero-order valence-electron chi connectivity index (χ0n) is 9.35. The van der Waals surface area contributed by atoms with Crippen molar-refractivity contribution in [3.8, 4) is 0 Å². The van der Waals surface area contributed by atoms with E-state index in [2.05, 4.69) is 27.4 Å². The van der Waals surface area contributed by atoms with Crippen LogP contribution >= 0.6 is 11.3 Å². The molecule has 1 atom stereocenters. The highest BCUT2D eigenvalue weighted by Gasteiger charge is 2.16. The number of nitrogen functional groups attached to an aromatic ring is 1. The van der Waals surface area contributed by atoms with Gasteiger partial charge in [0.05, 0.1) is 12.6 Å². The van der Waals surface area contributed by atoms with Crippen LogP contribution in [0, 0.1) is 0 Å². The molecular weight excluding hydrogens is 226 g/mol. The summed E-state index contributed by atoms with van der Waals surface area (Å²) in [5, 5.41) is 9.65. The molecule has 0 radical (unpaired) electrons. The fourth-order valence-corrected chi connectivity index (χ4v) is 2.48. The van der Waals surface area contributed by atoms with Crippen molar-refractivity contribution in [2.24, 2.45) is 5.84 Å². The van der Waals surface area contributed by atoms with Crippen LogP contribution in [-0.4, -0.2) is 40.9 Å². The van der Waals surface area contributed by atoms with E-state index in [1.54, 1.807) is 0 Å². The van der Waals surface area contributed by atoms with E-state index in [1.165, 1.54) is 11.3 Å². The molecule has 16 heavy (non-hydrogen) atoms. The van der Waals surface area contributed by atoms with Gasteiger partial charge in [-0.3, -0.25) is 10.3 Å². The molecule has 2 heterocycles. The lowest BCUT2D eigenvalue weighted by atomic mass is 10.3. The minimum atomic E-state index is 0.294. The normalized spacial score (nSPS) is 23.0. The average Bonchev–Trinajstić information content (AvgIpc) is 2.62. The lowest BCUT2D eigenvalue weighted by Crippen LogP contribution is -2.29. The number of hydrogen-bond donors (Lipinski definition) is 2. The smallest absolute Gasteiger partial charge is 0.219 e. The first-order valence-corrected chi connectivity index (χ1v) is 6.22. The third-order valence-corrected chi connectivity index (χ3v) is 3.32. The lowest BCUT2D eigenvalue weighted by molar-refractivity contribution is 0.0667. The van der Waals surface area contributed by atoms with Gasteiger partial charge in [0.2, 0.25) is 5.13 Å². The monoisotopic (exact) mass is 243 g/mol. The molecule has 1 aliphatic rings. The first kappa shape index (κ1) is 11.7. The molecule has 0 spiro atoms. The summed E-state index contributed by atoms with van der Waals surface area (Å²) in [5.74, 6) is 5.27. The highest BCUT2D eigenvalue weighted by molar-refractivity contribution is 7.15. The van der Waals surface area contributed by atoms with Crippen molar-refractivity contribution < 1.29 is 4.74 Å². The molecule has 1 aliphatic heterocycles. The fraction of sp³-hybridized carbons (Fsp3) is 0.778. The van der Waals surface area contributed by atoms with Gasteiger partial charge in [-0.1, -0.05) is 11.3 Å². The first-order valence-electron chi connectivity index (χ1n) is 5.41. The van der Waals surface area contributed by atoms with Crippen molar-refractivity contribution in [3.63, 3.8) is 0 Å². The van der Waals surface area contributed by atoms with Gasteiger partial charge < -0.3 is 4.74 Å². The summed E-state index contributed by atoms with van der Waals surface area (Å²) in [6, 6.07) is 0. The minimum absolute atomic E-state index is 0.294. The topological polar surface area (TPSA) is 76.3 Å². The van der Waals surface area contributed by atoms with Crippen LogP contribution in [0.4, 0.5) is 5.13 Å². The molecule has 3 N–H and O–H groups in total. The molecule has 0 aromatic carbocycles. The quantitative estimate of drug-likeness (QED) is 0.592. The third-order valence-electron chi connectivity index (χ3n) is 2.49. The number of hydrazine groups is 1. The Morgan fingerprint density at radius 2 is 2.50 bits per heavy atom. The molecule has 90 valence electrons. The Bertz CT molecular complexity index is 331. The molecule has 7 heteroatoms. The predicted octanol–water partition coefficient (Wildman–Crippen LogP) is 0.434. The Morgan fingerprint density at radius 1 is 1.62 bits per heavy atom. The van der Waals surface area contributed by atoms with E-state index in [9.17, 15) is 0 Å². The second-order valence-electron chi connectivity index (χ2n) is 3.92. The molecule has 2 rings (SSSR count). The molecular formula is C9H17N5OS. The van der Waals surface area contributed by atoms with E-state index in [-0.39, 0.29) is 0 Å². The Morgan fingerprint density at radius 3 is 3.25 bits per heavy atom. The third kappa shape index (κ3) is 3.11. The fourth-order valence-electron chi connectivity index (χ4n) is 1.79. The summed E-state index contributed by atoms with van der Waals surface area (Å²) in [7, 11) is 0. The maximum atomic E-state index is 5.59. The maximum absolute atomic E-state index is 5.59. The maximum Gasteiger partial charge on any atom is 0.219 e. The van der Waals surface area contributed by atoms with E-state index in [0.29, 0.717) is 11.2 Å². The number of anilines is 1. The van der Waals surface area contributed by atoms with Gasteiger partial charge in [0.1, 0.15) is 5.01 Å². The summed E-state index contributed by atoms with van der Waals surface area (Å²) in [6.45, 7) is 5.78. The number of ether oxygens (including phenoxy) is 1. The van der Waals surface area contributed by atoms with Crippen molar-refractivity contribution in [1.29, 1.82) is 0 Å². The number of nitrogens with zero attached hydrogens (tertiary/aromatic N) is 3. The molecule has 1 saturated heterocycles. The molecule has 1 fully saturated rings. The number of rotatable bonds is 3. The van der Waals surface area contributed by atoms with Crippen molar-refractivity contribution in [3.05, 3.63) is 5.01 Å². The van der Waals surface area contributed by atoms with Gasteiger partial charge in [0.15, 0.2) is 0 Å². The highest BCUT2D eigenvalue weighted by Crippen LogP contribution is 2.17. The van der Waals surface area contributed by atoms with Gasteiger partial charge >= 0.3 is 0 Å².